The molecule has 0 fully saturated rings. The maximum Gasteiger partial charge on any atom is 0.0132 e. The SMILES string of the molecule is CC(C)NC(C)(C)CC(C)(C)C(C)(C)C. The number of hydrogen-bond donors (Lipinski definition) is 1. The molecule has 1 nitrogen and oxygen atoms in total. The summed E-state index contributed by atoms with van der Waals surface area (Å²) in [5.41, 5.74) is 0.909. The summed E-state index contributed by atoms with van der Waals surface area (Å²) in [5.74, 6) is 0. The molecule has 0 saturated heterocycles. The molecule has 1 N–H and O–H groups in total. The molecule has 0 aromatic carbocycles. The molecule has 0 saturated carbocycles. The molecule has 0 aliphatic rings. The lowest BCUT2D eigenvalue weighted by Gasteiger charge is -2.45. The highest BCUT2D eigenvalue weighted by Gasteiger charge is 2.37. The van der Waals surface area contributed by atoms with Crippen LogP contribution in [0.1, 0.15) is 68.7 Å². The topological polar surface area (TPSA) is 12.0 Å². The molecule has 15 heavy (non-hydrogen) atoms. The van der Waals surface area contributed by atoms with Crippen molar-refractivity contribution in [2.75, 3.05) is 0 Å². The van der Waals surface area contributed by atoms with E-state index >= 15 is 0 Å². The fourth-order valence-electron chi connectivity index (χ4n) is 2.20. The van der Waals surface area contributed by atoms with Gasteiger partial charge in [0, 0.05) is 11.6 Å². The summed E-state index contributed by atoms with van der Waals surface area (Å²) in [7, 11) is 0. The van der Waals surface area contributed by atoms with Crippen LogP contribution in [0.3, 0.4) is 0 Å². The van der Waals surface area contributed by atoms with E-state index in [0.29, 0.717) is 16.9 Å². The maximum absolute atomic E-state index is 3.65. The van der Waals surface area contributed by atoms with Crippen molar-refractivity contribution in [1.29, 1.82) is 0 Å². The van der Waals surface area contributed by atoms with Crippen molar-refractivity contribution in [2.45, 2.75) is 80.3 Å². The Morgan fingerprint density at radius 1 is 0.867 bits per heavy atom. The summed E-state index contributed by atoms with van der Waals surface area (Å²) < 4.78 is 0. The van der Waals surface area contributed by atoms with Crippen LogP contribution < -0.4 is 5.32 Å². The lowest BCUT2D eigenvalue weighted by atomic mass is 9.64. The van der Waals surface area contributed by atoms with Crippen molar-refractivity contribution in [1.82, 2.24) is 5.32 Å². The molecule has 0 unspecified atom stereocenters. The van der Waals surface area contributed by atoms with Gasteiger partial charge in [0.1, 0.15) is 0 Å². The number of nitrogens with one attached hydrogen (secondary N) is 1. The van der Waals surface area contributed by atoms with Gasteiger partial charge in [0.05, 0.1) is 0 Å². The highest BCUT2D eigenvalue weighted by atomic mass is 15.0. The first-order valence-electron chi connectivity index (χ1n) is 6.15. The van der Waals surface area contributed by atoms with Crippen LogP contribution in [0.2, 0.25) is 0 Å². The van der Waals surface area contributed by atoms with Crippen LogP contribution in [0.25, 0.3) is 0 Å². The largest absolute Gasteiger partial charge is 0.310 e. The maximum atomic E-state index is 3.65. The van der Waals surface area contributed by atoms with E-state index in [1.807, 2.05) is 0 Å². The van der Waals surface area contributed by atoms with E-state index in [-0.39, 0.29) is 5.54 Å². The van der Waals surface area contributed by atoms with E-state index in [1.165, 1.54) is 6.42 Å². The van der Waals surface area contributed by atoms with E-state index < -0.39 is 0 Å². The molecule has 0 rings (SSSR count). The Balaban J connectivity index is 4.57. The van der Waals surface area contributed by atoms with Gasteiger partial charge >= 0.3 is 0 Å². The second-order valence-electron chi connectivity index (χ2n) is 7.49. The second-order valence-corrected chi connectivity index (χ2v) is 7.49. The Bertz CT molecular complexity index is 194. The smallest absolute Gasteiger partial charge is 0.0132 e. The zero-order valence-corrected chi connectivity index (χ0v) is 12.3. The Hall–Kier alpha value is -0.0400. The predicted octanol–water partition coefficient (Wildman–Crippen LogP) is 4.23. The molecule has 92 valence electrons. The molecule has 0 bridgehead atoms. The predicted molar refractivity (Wildman–Crippen MR) is 70.2 cm³/mol. The van der Waals surface area contributed by atoms with Gasteiger partial charge in [-0.3, -0.25) is 0 Å². The number of hydrogen-bond acceptors (Lipinski definition) is 1. The number of rotatable bonds is 4. The molecule has 0 aliphatic carbocycles. The normalized spacial score (nSPS) is 14.8. The van der Waals surface area contributed by atoms with E-state index in [4.69, 9.17) is 0 Å². The summed E-state index contributed by atoms with van der Waals surface area (Å²) >= 11 is 0. The second kappa shape index (κ2) is 4.45. The molecule has 0 atom stereocenters. The van der Waals surface area contributed by atoms with Gasteiger partial charge in [-0.25, -0.2) is 0 Å². The van der Waals surface area contributed by atoms with Crippen LogP contribution in [-0.2, 0) is 0 Å². The van der Waals surface area contributed by atoms with Crippen molar-refractivity contribution in [2.24, 2.45) is 10.8 Å². The minimum Gasteiger partial charge on any atom is -0.310 e. The molecule has 0 amide bonds. The molecule has 0 aromatic heterocycles. The fourth-order valence-corrected chi connectivity index (χ4v) is 2.20. The Morgan fingerprint density at radius 3 is 1.53 bits per heavy atom. The van der Waals surface area contributed by atoms with E-state index in [0.717, 1.165) is 0 Å². The van der Waals surface area contributed by atoms with Gasteiger partial charge in [-0.05, 0) is 31.1 Å². The lowest BCUT2D eigenvalue weighted by Crippen LogP contribution is -2.48. The highest BCUT2D eigenvalue weighted by Crippen LogP contribution is 2.43. The van der Waals surface area contributed by atoms with Crippen LogP contribution in [0, 0.1) is 10.8 Å². The lowest BCUT2D eigenvalue weighted by molar-refractivity contribution is 0.0802. The molecular weight excluding hydrogens is 182 g/mol. The summed E-state index contributed by atoms with van der Waals surface area (Å²) in [6, 6.07) is 0.552. The Labute approximate surface area is 97.0 Å². The standard InChI is InChI=1S/C14H31N/c1-11(2)15-14(8,9)10-13(6,7)12(3,4)5/h11,15H,10H2,1-9H3. The zero-order valence-electron chi connectivity index (χ0n) is 12.3. The third kappa shape index (κ3) is 5.01. The van der Waals surface area contributed by atoms with Crippen LogP contribution in [0.4, 0.5) is 0 Å². The molecule has 1 heteroatoms. The van der Waals surface area contributed by atoms with Crippen molar-refractivity contribution >= 4 is 0 Å². The molecule has 0 radical (unpaired) electrons. The zero-order chi connectivity index (χ0) is 12.5. The molecule has 0 heterocycles. The van der Waals surface area contributed by atoms with Crippen molar-refractivity contribution in [3.63, 3.8) is 0 Å². The van der Waals surface area contributed by atoms with E-state index in [1.54, 1.807) is 0 Å². The van der Waals surface area contributed by atoms with Crippen LogP contribution in [-0.4, -0.2) is 11.6 Å². The first-order valence-corrected chi connectivity index (χ1v) is 6.15. The molecule has 0 spiro atoms. The third-order valence-electron chi connectivity index (χ3n) is 3.59. The first kappa shape index (κ1) is 15.0. The van der Waals surface area contributed by atoms with Gasteiger partial charge in [0.25, 0.3) is 0 Å². The van der Waals surface area contributed by atoms with E-state index in [9.17, 15) is 0 Å². The summed E-state index contributed by atoms with van der Waals surface area (Å²) in [6.07, 6.45) is 1.20. The Morgan fingerprint density at radius 2 is 1.27 bits per heavy atom. The first-order chi connectivity index (χ1) is 6.37. The highest BCUT2D eigenvalue weighted by molar-refractivity contribution is 4.91. The Kier molecular flexibility index (Phi) is 4.44. The monoisotopic (exact) mass is 213 g/mol. The van der Waals surface area contributed by atoms with Gasteiger partial charge in [-0.1, -0.05) is 48.5 Å². The molecule has 0 aliphatic heterocycles. The van der Waals surface area contributed by atoms with Crippen molar-refractivity contribution in [3.8, 4) is 0 Å². The third-order valence-corrected chi connectivity index (χ3v) is 3.59. The summed E-state index contributed by atoms with van der Waals surface area (Å²) in [6.45, 7) is 20.8. The van der Waals surface area contributed by atoms with Gasteiger partial charge in [-0.15, -0.1) is 0 Å². The molecular formula is C14H31N. The fraction of sp³-hybridized carbons (Fsp3) is 1.00. The van der Waals surface area contributed by atoms with Crippen LogP contribution >= 0.6 is 0 Å². The minimum atomic E-state index is 0.213. The summed E-state index contributed by atoms with van der Waals surface area (Å²) in [5, 5.41) is 3.65. The molecule has 0 aromatic rings. The quantitative estimate of drug-likeness (QED) is 0.737. The van der Waals surface area contributed by atoms with Crippen molar-refractivity contribution in [3.05, 3.63) is 0 Å². The minimum absolute atomic E-state index is 0.213. The average Bonchev–Trinajstić information content (AvgIpc) is 1.75. The van der Waals surface area contributed by atoms with Gasteiger partial charge < -0.3 is 5.32 Å². The van der Waals surface area contributed by atoms with Gasteiger partial charge in [-0.2, -0.15) is 0 Å². The summed E-state index contributed by atoms with van der Waals surface area (Å²) in [4.78, 5) is 0. The van der Waals surface area contributed by atoms with Crippen LogP contribution in [0.15, 0.2) is 0 Å². The average molecular weight is 213 g/mol. The van der Waals surface area contributed by atoms with Gasteiger partial charge in [0.2, 0.25) is 0 Å². The van der Waals surface area contributed by atoms with E-state index in [2.05, 4.69) is 67.6 Å². The van der Waals surface area contributed by atoms with Gasteiger partial charge in [0.15, 0.2) is 0 Å². The van der Waals surface area contributed by atoms with Crippen molar-refractivity contribution < 1.29 is 0 Å². The van der Waals surface area contributed by atoms with Crippen LogP contribution in [0.5, 0.6) is 0 Å².